The van der Waals surface area contributed by atoms with Crippen LogP contribution in [-0.4, -0.2) is 19.1 Å². The van der Waals surface area contributed by atoms with E-state index < -0.39 is 0 Å². The van der Waals surface area contributed by atoms with Crippen molar-refractivity contribution in [3.05, 3.63) is 29.8 Å². The molecule has 2 N–H and O–H groups in total. The van der Waals surface area contributed by atoms with Gasteiger partial charge >= 0.3 is 0 Å². The van der Waals surface area contributed by atoms with E-state index in [1.807, 2.05) is 0 Å². The fraction of sp³-hybridized carbons (Fsp3) is 0.684. The third-order valence-electron chi connectivity index (χ3n) is 4.88. The molecule has 1 aliphatic rings. The van der Waals surface area contributed by atoms with Gasteiger partial charge in [0.25, 0.3) is 0 Å². The van der Waals surface area contributed by atoms with Crippen molar-refractivity contribution in [1.82, 2.24) is 0 Å². The summed E-state index contributed by atoms with van der Waals surface area (Å²) in [6, 6.07) is 9.57. The molecule has 1 aromatic rings. The summed E-state index contributed by atoms with van der Waals surface area (Å²) in [7, 11) is 0. The standard InChI is InChI=1S/C19H32N2/c1-3-4-5-6-7-10-16(2)21-15-17(13-14-20)18-11-8-9-12-19(18)21/h8-9,11-12,16-17H,3-7,10,13-15,20H2,1-2H3. The molecule has 0 bridgehead atoms. The predicted molar refractivity (Wildman–Crippen MR) is 93.0 cm³/mol. The van der Waals surface area contributed by atoms with Crippen molar-refractivity contribution < 1.29 is 0 Å². The second kappa shape index (κ2) is 8.43. The van der Waals surface area contributed by atoms with Crippen LogP contribution in [0.4, 0.5) is 5.69 Å². The Kier molecular flexibility index (Phi) is 6.56. The summed E-state index contributed by atoms with van der Waals surface area (Å²) in [6.07, 6.45) is 9.29. The molecular weight excluding hydrogens is 256 g/mol. The Morgan fingerprint density at radius 2 is 1.95 bits per heavy atom. The van der Waals surface area contributed by atoms with Crippen molar-refractivity contribution in [2.24, 2.45) is 5.73 Å². The number of nitrogens with two attached hydrogens (primary N) is 1. The number of fused-ring (bicyclic) bond motifs is 1. The van der Waals surface area contributed by atoms with Crippen LogP contribution in [0.5, 0.6) is 0 Å². The van der Waals surface area contributed by atoms with E-state index in [2.05, 4.69) is 43.0 Å². The number of hydrogen-bond donors (Lipinski definition) is 1. The molecule has 21 heavy (non-hydrogen) atoms. The molecule has 0 spiro atoms. The Hall–Kier alpha value is -1.02. The van der Waals surface area contributed by atoms with E-state index in [9.17, 15) is 0 Å². The van der Waals surface area contributed by atoms with Crippen LogP contribution < -0.4 is 10.6 Å². The first-order valence-corrected chi connectivity index (χ1v) is 8.83. The molecule has 2 atom stereocenters. The topological polar surface area (TPSA) is 29.3 Å². The quantitative estimate of drug-likeness (QED) is 0.668. The number of nitrogens with zero attached hydrogens (tertiary/aromatic N) is 1. The first kappa shape index (κ1) is 16.4. The molecule has 2 rings (SSSR count). The van der Waals surface area contributed by atoms with Crippen LogP contribution in [0.1, 0.15) is 70.3 Å². The molecule has 1 aliphatic heterocycles. The van der Waals surface area contributed by atoms with E-state index in [0.29, 0.717) is 12.0 Å². The Morgan fingerprint density at radius 1 is 1.19 bits per heavy atom. The lowest BCUT2D eigenvalue weighted by atomic mass is 9.98. The number of benzene rings is 1. The molecular formula is C19H32N2. The SMILES string of the molecule is CCCCCCCC(C)N1CC(CCN)c2ccccc21. The smallest absolute Gasteiger partial charge is 0.0404 e. The van der Waals surface area contributed by atoms with Crippen LogP contribution >= 0.6 is 0 Å². The van der Waals surface area contributed by atoms with Crippen LogP contribution in [0.3, 0.4) is 0 Å². The zero-order chi connectivity index (χ0) is 15.1. The minimum atomic E-state index is 0.633. The van der Waals surface area contributed by atoms with Gasteiger partial charge in [-0.1, -0.05) is 57.2 Å². The van der Waals surface area contributed by atoms with Crippen LogP contribution in [0.25, 0.3) is 0 Å². The highest BCUT2D eigenvalue weighted by Crippen LogP contribution is 2.39. The van der Waals surface area contributed by atoms with Crippen molar-refractivity contribution in [2.45, 2.75) is 70.8 Å². The fourth-order valence-corrected chi connectivity index (χ4v) is 3.59. The molecule has 2 nitrogen and oxygen atoms in total. The summed E-state index contributed by atoms with van der Waals surface area (Å²) in [5, 5.41) is 0. The first-order valence-electron chi connectivity index (χ1n) is 8.83. The maximum absolute atomic E-state index is 5.80. The largest absolute Gasteiger partial charge is 0.368 e. The van der Waals surface area contributed by atoms with Gasteiger partial charge in [-0.2, -0.15) is 0 Å². The molecule has 1 heterocycles. The Morgan fingerprint density at radius 3 is 2.71 bits per heavy atom. The number of rotatable bonds is 9. The van der Waals surface area contributed by atoms with Crippen LogP contribution in [0.15, 0.2) is 24.3 Å². The van der Waals surface area contributed by atoms with Crippen molar-refractivity contribution in [3.8, 4) is 0 Å². The molecule has 0 saturated heterocycles. The second-order valence-corrected chi connectivity index (χ2v) is 6.54. The summed E-state index contributed by atoms with van der Waals surface area (Å²) in [6.45, 7) is 6.62. The second-order valence-electron chi connectivity index (χ2n) is 6.54. The molecule has 2 unspecified atom stereocenters. The maximum Gasteiger partial charge on any atom is 0.0404 e. The highest BCUT2D eigenvalue weighted by atomic mass is 15.2. The van der Waals surface area contributed by atoms with Gasteiger partial charge in [-0.3, -0.25) is 0 Å². The van der Waals surface area contributed by atoms with Crippen LogP contribution in [0.2, 0.25) is 0 Å². The van der Waals surface area contributed by atoms with Gasteiger partial charge in [-0.05, 0) is 37.9 Å². The van der Waals surface area contributed by atoms with Crippen LogP contribution in [0, 0.1) is 0 Å². The molecule has 2 heteroatoms. The Balaban J connectivity index is 1.91. The van der Waals surface area contributed by atoms with E-state index in [-0.39, 0.29) is 0 Å². The van der Waals surface area contributed by atoms with Crippen molar-refractivity contribution in [3.63, 3.8) is 0 Å². The number of hydrogen-bond acceptors (Lipinski definition) is 2. The molecule has 0 saturated carbocycles. The summed E-state index contributed by atoms with van der Waals surface area (Å²) < 4.78 is 0. The van der Waals surface area contributed by atoms with Gasteiger partial charge in [-0.25, -0.2) is 0 Å². The van der Waals surface area contributed by atoms with Gasteiger partial charge in [0.2, 0.25) is 0 Å². The van der Waals surface area contributed by atoms with Gasteiger partial charge < -0.3 is 10.6 Å². The van der Waals surface area contributed by atoms with Gasteiger partial charge in [0.1, 0.15) is 0 Å². The zero-order valence-electron chi connectivity index (χ0n) is 13.9. The summed E-state index contributed by atoms with van der Waals surface area (Å²) in [4.78, 5) is 2.62. The third-order valence-corrected chi connectivity index (χ3v) is 4.88. The van der Waals surface area contributed by atoms with Gasteiger partial charge in [0.15, 0.2) is 0 Å². The highest BCUT2D eigenvalue weighted by molar-refractivity contribution is 5.60. The number of unbranched alkanes of at least 4 members (excludes halogenated alkanes) is 4. The maximum atomic E-state index is 5.80. The van der Waals surface area contributed by atoms with E-state index in [0.717, 1.165) is 19.5 Å². The fourth-order valence-electron chi connectivity index (χ4n) is 3.59. The molecule has 118 valence electrons. The summed E-state index contributed by atoms with van der Waals surface area (Å²) >= 11 is 0. The molecule has 0 amide bonds. The van der Waals surface area contributed by atoms with E-state index >= 15 is 0 Å². The average molecular weight is 288 g/mol. The minimum Gasteiger partial charge on any atom is -0.368 e. The number of para-hydroxylation sites is 1. The van der Waals surface area contributed by atoms with E-state index in [4.69, 9.17) is 5.73 Å². The van der Waals surface area contributed by atoms with Gasteiger partial charge in [-0.15, -0.1) is 0 Å². The van der Waals surface area contributed by atoms with Crippen LogP contribution in [-0.2, 0) is 0 Å². The lowest BCUT2D eigenvalue weighted by Gasteiger charge is -2.28. The molecule has 0 aliphatic carbocycles. The highest BCUT2D eigenvalue weighted by Gasteiger charge is 2.29. The zero-order valence-corrected chi connectivity index (χ0v) is 13.9. The Bertz CT molecular complexity index is 416. The van der Waals surface area contributed by atoms with Crippen molar-refractivity contribution in [2.75, 3.05) is 18.0 Å². The molecule has 0 fully saturated rings. The monoisotopic (exact) mass is 288 g/mol. The van der Waals surface area contributed by atoms with Crippen molar-refractivity contribution in [1.29, 1.82) is 0 Å². The minimum absolute atomic E-state index is 0.633. The summed E-state index contributed by atoms with van der Waals surface area (Å²) in [5.41, 5.74) is 8.77. The summed E-state index contributed by atoms with van der Waals surface area (Å²) in [5.74, 6) is 0.633. The molecule has 0 aromatic heterocycles. The van der Waals surface area contributed by atoms with Gasteiger partial charge in [0, 0.05) is 24.2 Å². The Labute approximate surface area is 130 Å². The average Bonchev–Trinajstić information content (AvgIpc) is 2.87. The molecule has 1 aromatic carbocycles. The third kappa shape index (κ3) is 4.23. The lowest BCUT2D eigenvalue weighted by Crippen LogP contribution is -2.32. The normalized spacial score (nSPS) is 18.8. The number of anilines is 1. The van der Waals surface area contributed by atoms with Gasteiger partial charge in [0.05, 0.1) is 0 Å². The first-order chi connectivity index (χ1) is 10.3. The predicted octanol–water partition coefficient (Wildman–Crippen LogP) is 4.69. The lowest BCUT2D eigenvalue weighted by molar-refractivity contribution is 0.522. The van der Waals surface area contributed by atoms with E-state index in [1.165, 1.54) is 49.8 Å². The van der Waals surface area contributed by atoms with E-state index in [1.54, 1.807) is 0 Å². The molecule has 0 radical (unpaired) electrons. The van der Waals surface area contributed by atoms with Crippen molar-refractivity contribution >= 4 is 5.69 Å².